The van der Waals surface area contributed by atoms with Crippen LogP contribution in [0.5, 0.6) is 0 Å². The standard InChI is InChI=1S/C12H15IN8O/c13-9-5-15-12(16-6-9)20-3-1-19(2-4-20)10(22)7-21-8-17-11(14)18-21/h5-6,8H,1-4,7H2,(H2,14,18). The lowest BCUT2D eigenvalue weighted by Crippen LogP contribution is -2.50. The maximum absolute atomic E-state index is 12.2. The highest BCUT2D eigenvalue weighted by Crippen LogP contribution is 2.12. The Kier molecular flexibility index (Phi) is 4.36. The average Bonchev–Trinajstić information content (AvgIpc) is 2.93. The molecule has 0 saturated carbocycles. The molecule has 1 aliphatic rings. The van der Waals surface area contributed by atoms with E-state index in [1.807, 2.05) is 0 Å². The molecule has 22 heavy (non-hydrogen) atoms. The van der Waals surface area contributed by atoms with Crippen molar-refractivity contribution in [2.75, 3.05) is 36.8 Å². The lowest BCUT2D eigenvalue weighted by molar-refractivity contribution is -0.132. The Bertz CT molecular complexity index is 649. The highest BCUT2D eigenvalue weighted by Gasteiger charge is 2.22. The Labute approximate surface area is 140 Å². The summed E-state index contributed by atoms with van der Waals surface area (Å²) in [6.07, 6.45) is 5.04. The quantitative estimate of drug-likeness (QED) is 0.682. The summed E-state index contributed by atoms with van der Waals surface area (Å²) < 4.78 is 2.45. The topological polar surface area (TPSA) is 106 Å². The number of anilines is 2. The largest absolute Gasteiger partial charge is 0.367 e. The third kappa shape index (κ3) is 3.43. The third-order valence-corrected chi connectivity index (χ3v) is 3.93. The van der Waals surface area contributed by atoms with Crippen LogP contribution >= 0.6 is 22.6 Å². The first-order chi connectivity index (χ1) is 10.6. The molecule has 2 N–H and O–H groups in total. The molecular formula is C12H15IN8O. The van der Waals surface area contributed by atoms with Crippen molar-refractivity contribution in [2.24, 2.45) is 0 Å². The van der Waals surface area contributed by atoms with Gasteiger partial charge in [0.1, 0.15) is 12.9 Å². The summed E-state index contributed by atoms with van der Waals surface area (Å²) in [5.41, 5.74) is 5.44. The molecular weight excluding hydrogens is 399 g/mol. The number of carbonyl (C=O) groups is 1. The first-order valence-electron chi connectivity index (χ1n) is 6.77. The molecule has 0 spiro atoms. The van der Waals surface area contributed by atoms with E-state index in [1.165, 1.54) is 11.0 Å². The van der Waals surface area contributed by atoms with Crippen molar-refractivity contribution >= 4 is 40.4 Å². The van der Waals surface area contributed by atoms with Gasteiger partial charge in [0.25, 0.3) is 0 Å². The molecule has 3 heterocycles. The molecule has 0 aliphatic carbocycles. The maximum Gasteiger partial charge on any atom is 0.244 e. The van der Waals surface area contributed by atoms with Crippen molar-refractivity contribution in [3.05, 3.63) is 22.3 Å². The summed E-state index contributed by atoms with van der Waals surface area (Å²) >= 11 is 2.17. The fraction of sp³-hybridized carbons (Fsp3) is 0.417. The molecule has 3 rings (SSSR count). The molecule has 9 nitrogen and oxygen atoms in total. The van der Waals surface area contributed by atoms with Crippen LogP contribution in [0.1, 0.15) is 0 Å². The minimum atomic E-state index is 0.00748. The molecule has 10 heteroatoms. The van der Waals surface area contributed by atoms with Gasteiger partial charge in [0.05, 0.1) is 0 Å². The average molecular weight is 414 g/mol. The van der Waals surface area contributed by atoms with Crippen molar-refractivity contribution in [1.29, 1.82) is 0 Å². The van der Waals surface area contributed by atoms with Crippen LogP contribution in [0, 0.1) is 3.57 Å². The Balaban J connectivity index is 1.54. The van der Waals surface area contributed by atoms with Crippen molar-refractivity contribution in [3.63, 3.8) is 0 Å². The number of carbonyl (C=O) groups excluding carboxylic acids is 1. The molecule has 1 fully saturated rings. The fourth-order valence-electron chi connectivity index (χ4n) is 2.25. The second kappa shape index (κ2) is 6.42. The SMILES string of the molecule is Nc1ncn(CC(=O)N2CCN(c3ncc(I)cn3)CC2)n1. The minimum absolute atomic E-state index is 0.00748. The number of hydrogen-bond donors (Lipinski definition) is 1. The summed E-state index contributed by atoms with van der Waals surface area (Å²) in [7, 11) is 0. The van der Waals surface area contributed by atoms with Gasteiger partial charge in [-0.1, -0.05) is 0 Å². The number of nitrogens with two attached hydrogens (primary N) is 1. The molecule has 1 amide bonds. The van der Waals surface area contributed by atoms with Crippen LogP contribution < -0.4 is 10.6 Å². The minimum Gasteiger partial charge on any atom is -0.367 e. The summed E-state index contributed by atoms with van der Waals surface area (Å²) in [5, 5.41) is 3.92. The number of rotatable bonds is 3. The zero-order valence-corrected chi connectivity index (χ0v) is 13.9. The molecule has 1 aliphatic heterocycles. The predicted octanol–water partition coefficient (Wildman–Crippen LogP) is -0.396. The predicted molar refractivity (Wildman–Crippen MR) is 88.0 cm³/mol. The lowest BCUT2D eigenvalue weighted by atomic mass is 10.3. The van der Waals surface area contributed by atoms with Crippen molar-refractivity contribution in [1.82, 2.24) is 29.6 Å². The van der Waals surface area contributed by atoms with Gasteiger partial charge in [0.2, 0.25) is 17.8 Å². The Morgan fingerprint density at radius 3 is 2.45 bits per heavy atom. The van der Waals surface area contributed by atoms with E-state index in [-0.39, 0.29) is 18.4 Å². The normalized spacial score (nSPS) is 15.1. The van der Waals surface area contributed by atoms with Crippen LogP contribution in [0.4, 0.5) is 11.9 Å². The molecule has 0 bridgehead atoms. The summed E-state index contributed by atoms with van der Waals surface area (Å²) in [5.74, 6) is 0.887. The Hall–Kier alpha value is -1.98. The van der Waals surface area contributed by atoms with E-state index < -0.39 is 0 Å². The number of nitrogen functional groups attached to an aromatic ring is 1. The van der Waals surface area contributed by atoms with Crippen LogP contribution in [0.25, 0.3) is 0 Å². The Morgan fingerprint density at radius 2 is 1.86 bits per heavy atom. The smallest absolute Gasteiger partial charge is 0.244 e. The number of piperazine rings is 1. The summed E-state index contributed by atoms with van der Waals surface area (Å²) in [6, 6.07) is 0. The van der Waals surface area contributed by atoms with Crippen LogP contribution in [0.3, 0.4) is 0 Å². The number of aromatic nitrogens is 5. The number of hydrogen-bond acceptors (Lipinski definition) is 7. The zero-order valence-electron chi connectivity index (χ0n) is 11.8. The highest BCUT2D eigenvalue weighted by molar-refractivity contribution is 14.1. The van der Waals surface area contributed by atoms with E-state index in [0.717, 1.165) is 3.57 Å². The Morgan fingerprint density at radius 1 is 1.18 bits per heavy atom. The van der Waals surface area contributed by atoms with Crippen LogP contribution in [-0.2, 0) is 11.3 Å². The zero-order chi connectivity index (χ0) is 15.5. The van der Waals surface area contributed by atoms with Gasteiger partial charge in [-0.3, -0.25) is 4.79 Å². The van der Waals surface area contributed by atoms with Gasteiger partial charge in [-0.05, 0) is 22.6 Å². The molecule has 0 radical (unpaired) electrons. The van der Waals surface area contributed by atoms with Gasteiger partial charge >= 0.3 is 0 Å². The monoisotopic (exact) mass is 414 g/mol. The van der Waals surface area contributed by atoms with E-state index in [2.05, 4.69) is 47.5 Å². The van der Waals surface area contributed by atoms with Gasteiger partial charge in [-0.25, -0.2) is 19.6 Å². The number of nitrogens with zero attached hydrogens (tertiary/aromatic N) is 7. The maximum atomic E-state index is 12.2. The molecule has 0 unspecified atom stereocenters. The van der Waals surface area contributed by atoms with E-state index >= 15 is 0 Å². The fourth-order valence-corrected chi connectivity index (χ4v) is 2.53. The second-order valence-corrected chi connectivity index (χ2v) is 6.12. The van der Waals surface area contributed by atoms with E-state index in [9.17, 15) is 4.79 Å². The van der Waals surface area contributed by atoms with Crippen molar-refractivity contribution in [3.8, 4) is 0 Å². The van der Waals surface area contributed by atoms with E-state index in [0.29, 0.717) is 32.1 Å². The van der Waals surface area contributed by atoms with E-state index in [1.54, 1.807) is 17.3 Å². The lowest BCUT2D eigenvalue weighted by Gasteiger charge is -2.34. The summed E-state index contributed by atoms with van der Waals surface area (Å²) in [6.45, 7) is 2.86. The highest BCUT2D eigenvalue weighted by atomic mass is 127. The summed E-state index contributed by atoms with van der Waals surface area (Å²) in [4.78, 5) is 28.5. The first-order valence-corrected chi connectivity index (χ1v) is 7.85. The third-order valence-electron chi connectivity index (χ3n) is 3.37. The van der Waals surface area contributed by atoms with Gasteiger partial charge in [-0.15, -0.1) is 5.10 Å². The second-order valence-electron chi connectivity index (χ2n) is 4.87. The number of amides is 1. The van der Waals surface area contributed by atoms with Crippen LogP contribution in [0.15, 0.2) is 18.7 Å². The molecule has 2 aromatic heterocycles. The molecule has 2 aromatic rings. The van der Waals surface area contributed by atoms with Gasteiger partial charge < -0.3 is 15.5 Å². The van der Waals surface area contributed by atoms with Crippen molar-refractivity contribution in [2.45, 2.75) is 6.54 Å². The molecule has 1 saturated heterocycles. The van der Waals surface area contributed by atoms with Crippen LogP contribution in [-0.4, -0.2) is 61.7 Å². The van der Waals surface area contributed by atoms with Gasteiger partial charge in [0.15, 0.2) is 0 Å². The van der Waals surface area contributed by atoms with Gasteiger partial charge in [-0.2, -0.15) is 0 Å². The van der Waals surface area contributed by atoms with Gasteiger partial charge in [0, 0.05) is 42.1 Å². The van der Waals surface area contributed by atoms with Crippen molar-refractivity contribution < 1.29 is 4.79 Å². The molecule has 116 valence electrons. The van der Waals surface area contributed by atoms with Crippen LogP contribution in [0.2, 0.25) is 0 Å². The number of halogens is 1. The first kappa shape index (κ1) is 14.9. The molecule has 0 aromatic carbocycles. The molecule has 0 atom stereocenters. The van der Waals surface area contributed by atoms with E-state index in [4.69, 9.17) is 5.73 Å².